The van der Waals surface area contributed by atoms with E-state index in [2.05, 4.69) is 21.6 Å². The summed E-state index contributed by atoms with van der Waals surface area (Å²) >= 11 is 0. The number of aryl methyl sites for hydroxylation is 2. The zero-order chi connectivity index (χ0) is 19.8. The van der Waals surface area contributed by atoms with E-state index in [1.807, 2.05) is 50.2 Å². The summed E-state index contributed by atoms with van der Waals surface area (Å²) < 4.78 is 11.2. The van der Waals surface area contributed by atoms with Crippen molar-refractivity contribution in [3.8, 4) is 5.75 Å². The molecule has 0 atom stereocenters. The predicted molar refractivity (Wildman–Crippen MR) is 111 cm³/mol. The highest BCUT2D eigenvalue weighted by molar-refractivity contribution is 5.89. The second-order valence-electron chi connectivity index (χ2n) is 7.13. The van der Waals surface area contributed by atoms with Crippen LogP contribution in [0, 0.1) is 13.8 Å². The molecule has 0 spiro atoms. The minimum atomic E-state index is -0.219. The summed E-state index contributed by atoms with van der Waals surface area (Å²) in [5, 5.41) is 5.78. The van der Waals surface area contributed by atoms with Gasteiger partial charge in [-0.25, -0.2) is 4.79 Å². The van der Waals surface area contributed by atoms with Crippen molar-refractivity contribution in [2.24, 2.45) is 0 Å². The standard InChI is InChI=1S/C22H29N3O3/c1-17-12-18(2)14-20(13-17)24-22(26)23-16-19-4-3-5-21(15-19)28-11-8-25-6-9-27-10-7-25/h3-5,12-15H,6-11,16H2,1-2H3,(H2,23,24,26). The summed E-state index contributed by atoms with van der Waals surface area (Å²) in [6, 6.07) is 13.6. The molecule has 0 bridgehead atoms. The average molecular weight is 383 g/mol. The van der Waals surface area contributed by atoms with Crippen LogP contribution in [0.1, 0.15) is 16.7 Å². The van der Waals surface area contributed by atoms with Crippen LogP contribution in [0.2, 0.25) is 0 Å². The van der Waals surface area contributed by atoms with E-state index in [4.69, 9.17) is 9.47 Å². The third-order valence-corrected chi connectivity index (χ3v) is 4.61. The Morgan fingerprint density at radius 3 is 2.61 bits per heavy atom. The second-order valence-corrected chi connectivity index (χ2v) is 7.13. The molecule has 1 heterocycles. The lowest BCUT2D eigenvalue weighted by molar-refractivity contribution is 0.0322. The Morgan fingerprint density at radius 1 is 1.11 bits per heavy atom. The van der Waals surface area contributed by atoms with Crippen LogP contribution in [-0.4, -0.2) is 50.4 Å². The van der Waals surface area contributed by atoms with E-state index in [0.29, 0.717) is 13.2 Å². The first kappa shape index (κ1) is 20.2. The van der Waals surface area contributed by atoms with Crippen molar-refractivity contribution in [3.63, 3.8) is 0 Å². The zero-order valence-corrected chi connectivity index (χ0v) is 16.7. The van der Waals surface area contributed by atoms with Crippen LogP contribution in [-0.2, 0) is 11.3 Å². The smallest absolute Gasteiger partial charge is 0.319 e. The molecule has 1 fully saturated rings. The van der Waals surface area contributed by atoms with E-state index in [1.165, 1.54) is 0 Å². The van der Waals surface area contributed by atoms with Crippen LogP contribution >= 0.6 is 0 Å². The number of amides is 2. The first-order valence-corrected chi connectivity index (χ1v) is 9.73. The van der Waals surface area contributed by atoms with Crippen LogP contribution < -0.4 is 15.4 Å². The summed E-state index contributed by atoms with van der Waals surface area (Å²) in [7, 11) is 0. The molecule has 28 heavy (non-hydrogen) atoms. The fraction of sp³-hybridized carbons (Fsp3) is 0.409. The van der Waals surface area contributed by atoms with Gasteiger partial charge in [0.1, 0.15) is 12.4 Å². The molecule has 3 rings (SSSR count). The lowest BCUT2D eigenvalue weighted by atomic mass is 10.1. The van der Waals surface area contributed by atoms with Gasteiger partial charge in [0.2, 0.25) is 0 Å². The van der Waals surface area contributed by atoms with Crippen molar-refractivity contribution in [1.29, 1.82) is 0 Å². The Kier molecular flexibility index (Phi) is 7.28. The number of anilines is 1. The Bertz CT molecular complexity index is 768. The summed E-state index contributed by atoms with van der Waals surface area (Å²) in [4.78, 5) is 14.5. The SMILES string of the molecule is Cc1cc(C)cc(NC(=O)NCc2cccc(OCCN3CCOCC3)c2)c1. The van der Waals surface area contributed by atoms with E-state index < -0.39 is 0 Å². The van der Waals surface area contributed by atoms with Crippen molar-refractivity contribution < 1.29 is 14.3 Å². The highest BCUT2D eigenvalue weighted by Gasteiger charge is 2.10. The zero-order valence-electron chi connectivity index (χ0n) is 16.7. The van der Waals surface area contributed by atoms with Crippen LogP contribution in [0.25, 0.3) is 0 Å². The molecule has 0 saturated carbocycles. The fourth-order valence-corrected chi connectivity index (χ4v) is 3.27. The van der Waals surface area contributed by atoms with E-state index in [1.54, 1.807) is 0 Å². The summed E-state index contributed by atoms with van der Waals surface area (Å²) in [5.41, 5.74) is 4.05. The van der Waals surface area contributed by atoms with Crippen LogP contribution in [0.5, 0.6) is 5.75 Å². The maximum absolute atomic E-state index is 12.2. The third kappa shape index (κ3) is 6.55. The van der Waals surface area contributed by atoms with E-state index >= 15 is 0 Å². The van der Waals surface area contributed by atoms with Crippen molar-refractivity contribution in [1.82, 2.24) is 10.2 Å². The molecule has 0 aliphatic carbocycles. The Morgan fingerprint density at radius 2 is 1.86 bits per heavy atom. The molecule has 1 saturated heterocycles. The number of ether oxygens (including phenoxy) is 2. The van der Waals surface area contributed by atoms with Crippen molar-refractivity contribution in [2.45, 2.75) is 20.4 Å². The Hall–Kier alpha value is -2.57. The normalized spacial score (nSPS) is 14.5. The van der Waals surface area contributed by atoms with Crippen molar-refractivity contribution in [3.05, 3.63) is 59.2 Å². The quantitative estimate of drug-likeness (QED) is 0.770. The summed E-state index contributed by atoms with van der Waals surface area (Å²) in [6.07, 6.45) is 0. The lowest BCUT2D eigenvalue weighted by Gasteiger charge is -2.26. The lowest BCUT2D eigenvalue weighted by Crippen LogP contribution is -2.38. The van der Waals surface area contributed by atoms with Gasteiger partial charge < -0.3 is 20.1 Å². The number of nitrogens with one attached hydrogen (secondary N) is 2. The number of hydrogen-bond donors (Lipinski definition) is 2. The fourth-order valence-electron chi connectivity index (χ4n) is 3.27. The first-order chi connectivity index (χ1) is 13.6. The largest absolute Gasteiger partial charge is 0.492 e. The summed E-state index contributed by atoms with van der Waals surface area (Å²) in [6.45, 7) is 9.52. The number of rotatable bonds is 7. The number of benzene rings is 2. The number of nitrogens with zero attached hydrogens (tertiary/aromatic N) is 1. The average Bonchev–Trinajstić information content (AvgIpc) is 2.67. The van der Waals surface area contributed by atoms with Gasteiger partial charge in [0.05, 0.1) is 13.2 Å². The van der Waals surface area contributed by atoms with Crippen LogP contribution in [0.15, 0.2) is 42.5 Å². The second kappa shape index (κ2) is 10.1. The van der Waals surface area contributed by atoms with Gasteiger partial charge in [0, 0.05) is 31.9 Å². The van der Waals surface area contributed by atoms with E-state index in [0.717, 1.165) is 61.0 Å². The Labute approximate surface area is 166 Å². The molecule has 2 amide bonds. The molecule has 150 valence electrons. The number of urea groups is 1. The van der Waals surface area contributed by atoms with Crippen molar-refractivity contribution in [2.75, 3.05) is 44.8 Å². The van der Waals surface area contributed by atoms with Crippen LogP contribution in [0.4, 0.5) is 10.5 Å². The number of carbonyl (C=O) groups is 1. The maximum atomic E-state index is 12.2. The van der Waals surface area contributed by atoms with Gasteiger partial charge in [-0.2, -0.15) is 0 Å². The monoisotopic (exact) mass is 383 g/mol. The highest BCUT2D eigenvalue weighted by Crippen LogP contribution is 2.15. The number of morpholine rings is 1. The molecule has 2 aromatic carbocycles. The molecule has 0 unspecified atom stereocenters. The molecular formula is C22H29N3O3. The van der Waals surface area contributed by atoms with Gasteiger partial charge in [-0.15, -0.1) is 0 Å². The third-order valence-electron chi connectivity index (χ3n) is 4.61. The predicted octanol–water partition coefficient (Wildman–Crippen LogP) is 3.34. The van der Waals surface area contributed by atoms with Crippen LogP contribution in [0.3, 0.4) is 0 Å². The van der Waals surface area contributed by atoms with E-state index in [-0.39, 0.29) is 6.03 Å². The number of carbonyl (C=O) groups excluding carboxylic acids is 1. The maximum Gasteiger partial charge on any atom is 0.319 e. The molecule has 2 N–H and O–H groups in total. The van der Waals surface area contributed by atoms with Gasteiger partial charge >= 0.3 is 6.03 Å². The van der Waals surface area contributed by atoms with Gasteiger partial charge in [0.15, 0.2) is 0 Å². The van der Waals surface area contributed by atoms with Gasteiger partial charge in [-0.1, -0.05) is 18.2 Å². The summed E-state index contributed by atoms with van der Waals surface area (Å²) in [5.74, 6) is 0.822. The Balaban J connectivity index is 1.43. The van der Waals surface area contributed by atoms with E-state index in [9.17, 15) is 4.79 Å². The van der Waals surface area contributed by atoms with Gasteiger partial charge in [-0.05, 0) is 54.8 Å². The molecule has 0 radical (unpaired) electrons. The number of hydrogen-bond acceptors (Lipinski definition) is 4. The minimum absolute atomic E-state index is 0.219. The molecule has 1 aliphatic rings. The molecule has 6 nitrogen and oxygen atoms in total. The van der Waals surface area contributed by atoms with Gasteiger partial charge in [-0.3, -0.25) is 4.90 Å². The highest BCUT2D eigenvalue weighted by atomic mass is 16.5. The molecule has 6 heteroatoms. The van der Waals surface area contributed by atoms with Crippen molar-refractivity contribution >= 4 is 11.7 Å². The molecule has 0 aromatic heterocycles. The molecular weight excluding hydrogens is 354 g/mol. The molecule has 1 aliphatic heterocycles. The van der Waals surface area contributed by atoms with Gasteiger partial charge in [0.25, 0.3) is 0 Å². The molecule has 2 aromatic rings. The first-order valence-electron chi connectivity index (χ1n) is 9.73. The topological polar surface area (TPSA) is 62.8 Å². The minimum Gasteiger partial charge on any atom is -0.492 e.